The van der Waals surface area contributed by atoms with Crippen molar-refractivity contribution in [1.82, 2.24) is 5.32 Å². The number of hydrogen-bond donors (Lipinski definition) is 3. The number of thiophene rings is 1. The van der Waals surface area contributed by atoms with Crippen molar-refractivity contribution in [3.63, 3.8) is 0 Å². The molecule has 1 atom stereocenters. The van der Waals surface area contributed by atoms with Crippen molar-refractivity contribution >= 4 is 46.0 Å². The fourth-order valence-corrected chi connectivity index (χ4v) is 4.32. The highest BCUT2D eigenvalue weighted by atomic mass is 35.5. The molecule has 1 saturated heterocycles. The minimum atomic E-state index is -0.434. The Morgan fingerprint density at radius 1 is 1.33 bits per heavy atom. The van der Waals surface area contributed by atoms with Crippen LogP contribution in [0.3, 0.4) is 0 Å². The van der Waals surface area contributed by atoms with Gasteiger partial charge in [-0.05, 0) is 41.9 Å². The molecule has 3 nitrogen and oxygen atoms in total. The van der Waals surface area contributed by atoms with Crippen molar-refractivity contribution < 1.29 is 9.29 Å². The van der Waals surface area contributed by atoms with E-state index in [0.717, 1.165) is 6.54 Å². The topological polar surface area (TPSA) is 28.5 Å². The first-order chi connectivity index (χ1) is 11.6. The van der Waals surface area contributed by atoms with Gasteiger partial charge in [0.2, 0.25) is 0 Å². The molecule has 0 amide bonds. The molecule has 1 fully saturated rings. The van der Waals surface area contributed by atoms with Crippen LogP contribution in [0.25, 0.3) is 0 Å². The molecule has 1 aliphatic heterocycles. The van der Waals surface area contributed by atoms with Crippen LogP contribution in [-0.4, -0.2) is 24.7 Å². The highest BCUT2D eigenvalue weighted by Crippen LogP contribution is 2.20. The zero-order chi connectivity index (χ0) is 16.9. The van der Waals surface area contributed by atoms with Gasteiger partial charge in [0.15, 0.2) is 5.11 Å². The van der Waals surface area contributed by atoms with Gasteiger partial charge in [0.1, 0.15) is 11.9 Å². The summed E-state index contributed by atoms with van der Waals surface area (Å²) in [5, 5.41) is 9.09. The van der Waals surface area contributed by atoms with E-state index < -0.39 is 5.82 Å². The molecule has 128 valence electrons. The van der Waals surface area contributed by atoms with E-state index in [0.29, 0.717) is 16.8 Å². The molecule has 0 unspecified atom stereocenters. The number of hydrogen-bond acceptors (Lipinski definition) is 2. The molecule has 1 aromatic heterocycles. The van der Waals surface area contributed by atoms with E-state index in [1.807, 2.05) is 0 Å². The molecule has 2 aromatic rings. The first-order valence-electron chi connectivity index (χ1n) is 8.01. The molecule has 7 heteroatoms. The number of anilines is 1. The molecule has 0 spiro atoms. The van der Waals surface area contributed by atoms with Crippen LogP contribution in [0.4, 0.5) is 10.1 Å². The van der Waals surface area contributed by atoms with E-state index in [4.69, 9.17) is 23.8 Å². The van der Waals surface area contributed by atoms with Gasteiger partial charge in [-0.2, -0.15) is 0 Å². The van der Waals surface area contributed by atoms with Gasteiger partial charge in [-0.1, -0.05) is 17.7 Å². The third-order valence-electron chi connectivity index (χ3n) is 4.27. The fraction of sp³-hybridized carbons (Fsp3) is 0.353. The van der Waals surface area contributed by atoms with E-state index in [9.17, 15) is 4.39 Å². The highest BCUT2D eigenvalue weighted by molar-refractivity contribution is 7.80. The number of nitrogens with one attached hydrogen (secondary N) is 3. The van der Waals surface area contributed by atoms with Crippen molar-refractivity contribution in [2.24, 2.45) is 0 Å². The molecule has 0 bridgehead atoms. The Morgan fingerprint density at radius 2 is 2.12 bits per heavy atom. The number of likely N-dealkylation sites (tertiary alicyclic amines) is 1. The molecule has 3 N–H and O–H groups in total. The Balaban J connectivity index is 1.59. The molecule has 24 heavy (non-hydrogen) atoms. The summed E-state index contributed by atoms with van der Waals surface area (Å²) >= 11 is 13.0. The standard InChI is InChI=1S/C17H19ClFN3S2/c18-13-10-12(5-6-14(13)19)21-17(23)20-11-15(16-4-3-9-24-16)22-7-1-2-8-22/h3-6,9-10,15H,1-2,7-8,11H2,(H2,20,21,23)/p+1/t15-/m1/s1. The Kier molecular flexibility index (Phi) is 6.05. The zero-order valence-corrected chi connectivity index (χ0v) is 15.5. The van der Waals surface area contributed by atoms with Gasteiger partial charge < -0.3 is 15.5 Å². The minimum Gasteiger partial charge on any atom is -0.356 e. The Labute approximate surface area is 155 Å². The Morgan fingerprint density at radius 3 is 2.79 bits per heavy atom. The van der Waals surface area contributed by atoms with Crippen LogP contribution in [0, 0.1) is 5.82 Å². The maximum atomic E-state index is 13.2. The summed E-state index contributed by atoms with van der Waals surface area (Å²) in [6, 6.07) is 9.18. The van der Waals surface area contributed by atoms with Gasteiger partial charge in [-0.15, -0.1) is 11.3 Å². The highest BCUT2D eigenvalue weighted by Gasteiger charge is 2.28. The second kappa shape index (κ2) is 8.25. The largest absolute Gasteiger partial charge is 0.356 e. The Bertz CT molecular complexity index is 687. The van der Waals surface area contributed by atoms with Gasteiger partial charge >= 0.3 is 0 Å². The number of halogens is 2. The number of thiocarbonyl (C=S) groups is 1. The summed E-state index contributed by atoms with van der Waals surface area (Å²) in [4.78, 5) is 2.99. The molecule has 2 heterocycles. The van der Waals surface area contributed by atoms with Gasteiger partial charge in [0.05, 0.1) is 29.5 Å². The summed E-state index contributed by atoms with van der Waals surface area (Å²) in [5.41, 5.74) is 0.681. The molecular weight excluding hydrogens is 365 g/mol. The van der Waals surface area contributed by atoms with Crippen molar-refractivity contribution in [2.45, 2.75) is 18.9 Å². The third kappa shape index (κ3) is 4.45. The number of benzene rings is 1. The van der Waals surface area contributed by atoms with Gasteiger partial charge in [0.25, 0.3) is 0 Å². The normalized spacial score (nSPS) is 16.1. The first kappa shape index (κ1) is 17.6. The summed E-state index contributed by atoms with van der Waals surface area (Å²) in [6.45, 7) is 3.19. The monoisotopic (exact) mass is 384 g/mol. The average molecular weight is 385 g/mol. The first-order valence-corrected chi connectivity index (χ1v) is 9.68. The smallest absolute Gasteiger partial charge is 0.171 e. The van der Waals surface area contributed by atoms with Crippen LogP contribution >= 0.6 is 35.2 Å². The second-order valence-electron chi connectivity index (χ2n) is 5.90. The molecule has 1 aliphatic rings. The predicted molar refractivity (Wildman–Crippen MR) is 103 cm³/mol. The van der Waals surface area contributed by atoms with Crippen LogP contribution in [0.15, 0.2) is 35.7 Å². The van der Waals surface area contributed by atoms with Crippen LogP contribution in [-0.2, 0) is 0 Å². The lowest BCUT2D eigenvalue weighted by Gasteiger charge is -2.24. The van der Waals surface area contributed by atoms with E-state index in [-0.39, 0.29) is 5.02 Å². The molecule has 0 aliphatic carbocycles. The lowest BCUT2D eigenvalue weighted by molar-refractivity contribution is -0.918. The van der Waals surface area contributed by atoms with Crippen LogP contribution in [0.1, 0.15) is 23.8 Å². The Hall–Kier alpha value is -1.21. The van der Waals surface area contributed by atoms with Crippen LogP contribution in [0.5, 0.6) is 0 Å². The minimum absolute atomic E-state index is 0.0840. The van der Waals surface area contributed by atoms with Crippen molar-refractivity contribution in [1.29, 1.82) is 0 Å². The van der Waals surface area contributed by atoms with Crippen LogP contribution < -0.4 is 15.5 Å². The number of rotatable bonds is 5. The lowest BCUT2D eigenvalue weighted by atomic mass is 10.2. The number of quaternary nitrogens is 1. The maximum absolute atomic E-state index is 13.2. The predicted octanol–water partition coefficient (Wildman–Crippen LogP) is 3.25. The van der Waals surface area contributed by atoms with Gasteiger partial charge in [-0.3, -0.25) is 0 Å². The molecule has 0 saturated carbocycles. The fourth-order valence-electron chi connectivity index (χ4n) is 3.06. The van der Waals surface area contributed by atoms with E-state index in [2.05, 4.69) is 28.1 Å². The molecule has 1 aromatic carbocycles. The van der Waals surface area contributed by atoms with E-state index in [1.54, 1.807) is 22.3 Å². The lowest BCUT2D eigenvalue weighted by Crippen LogP contribution is -3.11. The summed E-state index contributed by atoms with van der Waals surface area (Å²) in [7, 11) is 0. The molecule has 0 radical (unpaired) electrons. The van der Waals surface area contributed by atoms with E-state index >= 15 is 0 Å². The van der Waals surface area contributed by atoms with Crippen LogP contribution in [0.2, 0.25) is 5.02 Å². The van der Waals surface area contributed by atoms with Crippen molar-refractivity contribution in [3.8, 4) is 0 Å². The zero-order valence-electron chi connectivity index (χ0n) is 13.1. The average Bonchev–Trinajstić information content (AvgIpc) is 3.25. The van der Waals surface area contributed by atoms with Crippen molar-refractivity contribution in [2.75, 3.05) is 25.0 Å². The maximum Gasteiger partial charge on any atom is 0.171 e. The molecule has 3 rings (SSSR count). The second-order valence-corrected chi connectivity index (χ2v) is 7.69. The SMILES string of the molecule is Fc1ccc(NC(=S)NC[C@H](c2cccs2)[NH+]2CCCC2)cc1Cl. The summed E-state index contributed by atoms with van der Waals surface area (Å²) in [6.07, 6.45) is 2.57. The van der Waals surface area contributed by atoms with E-state index in [1.165, 1.54) is 42.9 Å². The van der Waals surface area contributed by atoms with Gasteiger partial charge in [-0.25, -0.2) is 4.39 Å². The third-order valence-corrected chi connectivity index (χ3v) is 5.79. The molecular formula is C17H20ClFN3S2+. The van der Waals surface area contributed by atoms with Crippen molar-refractivity contribution in [3.05, 3.63) is 51.4 Å². The quantitative estimate of drug-likeness (QED) is 0.691. The van der Waals surface area contributed by atoms with Gasteiger partial charge in [0, 0.05) is 18.5 Å². The summed E-state index contributed by atoms with van der Waals surface area (Å²) in [5.74, 6) is -0.434. The summed E-state index contributed by atoms with van der Waals surface area (Å²) < 4.78 is 13.2.